The Hall–Kier alpha value is -1.81. The molecule has 2 aromatic rings. The van der Waals surface area contributed by atoms with Crippen LogP contribution >= 0.6 is 11.6 Å². The average Bonchev–Trinajstić information content (AvgIpc) is 2.78. The lowest BCUT2D eigenvalue weighted by Crippen LogP contribution is -2.23. The summed E-state index contributed by atoms with van der Waals surface area (Å²) >= 11 is 6.13. The highest BCUT2D eigenvalue weighted by Crippen LogP contribution is 2.28. The Labute approximate surface area is 115 Å². The van der Waals surface area contributed by atoms with E-state index in [9.17, 15) is 9.90 Å². The molecule has 19 heavy (non-hydrogen) atoms. The normalized spacial score (nSPS) is 18.1. The van der Waals surface area contributed by atoms with Crippen molar-refractivity contribution in [2.45, 2.75) is 24.8 Å². The van der Waals surface area contributed by atoms with E-state index in [0.29, 0.717) is 12.2 Å². The van der Waals surface area contributed by atoms with Crippen molar-refractivity contribution in [1.29, 1.82) is 0 Å². The zero-order valence-corrected chi connectivity index (χ0v) is 11.0. The first-order valence-electron chi connectivity index (χ1n) is 6.19. The third-order valence-corrected chi connectivity index (χ3v) is 3.71. The summed E-state index contributed by atoms with van der Waals surface area (Å²) in [5.41, 5.74) is 1.60. The van der Waals surface area contributed by atoms with Crippen LogP contribution in [-0.4, -0.2) is 26.0 Å². The number of aromatic nitrogens is 2. The molecular formula is C14H13ClN2O2. The van der Waals surface area contributed by atoms with E-state index in [-0.39, 0.29) is 11.1 Å². The van der Waals surface area contributed by atoms with Crippen LogP contribution < -0.4 is 0 Å². The number of carboxylic acid groups (broad SMARTS) is 1. The van der Waals surface area contributed by atoms with Gasteiger partial charge in [-0.2, -0.15) is 0 Å². The highest BCUT2D eigenvalue weighted by Gasteiger charge is 2.27. The Balaban J connectivity index is 2.18. The third kappa shape index (κ3) is 2.12. The van der Waals surface area contributed by atoms with Crippen LogP contribution in [0.15, 0.2) is 30.3 Å². The van der Waals surface area contributed by atoms with E-state index in [1.807, 2.05) is 30.3 Å². The van der Waals surface area contributed by atoms with Gasteiger partial charge in [-0.25, -0.2) is 9.78 Å². The maximum atomic E-state index is 11.5. The van der Waals surface area contributed by atoms with Gasteiger partial charge in [0.2, 0.25) is 0 Å². The van der Waals surface area contributed by atoms with Crippen LogP contribution in [0.1, 0.15) is 22.7 Å². The molecule has 1 aliphatic rings. The number of imidazole rings is 1. The molecule has 0 fully saturated rings. The van der Waals surface area contributed by atoms with Crippen LogP contribution in [0.4, 0.5) is 0 Å². The number of aryl methyl sites for hydroxylation is 1. The fourth-order valence-electron chi connectivity index (χ4n) is 2.48. The highest BCUT2D eigenvalue weighted by atomic mass is 35.5. The van der Waals surface area contributed by atoms with E-state index in [1.54, 1.807) is 4.57 Å². The predicted octanol–water partition coefficient (Wildman–Crippen LogP) is 2.80. The summed E-state index contributed by atoms with van der Waals surface area (Å²) in [6.07, 6.45) is 1.56. The summed E-state index contributed by atoms with van der Waals surface area (Å²) in [6.45, 7) is 0.512. The molecule has 0 aliphatic carbocycles. The molecule has 5 heteroatoms. The molecule has 1 unspecified atom stereocenters. The first-order chi connectivity index (χ1) is 9.16. The van der Waals surface area contributed by atoms with Crippen LogP contribution in [-0.2, 0) is 13.0 Å². The molecule has 1 aromatic heterocycles. The maximum absolute atomic E-state index is 11.5. The van der Waals surface area contributed by atoms with E-state index in [2.05, 4.69) is 4.98 Å². The molecule has 0 radical (unpaired) electrons. The van der Waals surface area contributed by atoms with Crippen LogP contribution in [0.5, 0.6) is 0 Å². The van der Waals surface area contributed by atoms with Gasteiger partial charge in [-0.15, -0.1) is 11.6 Å². The fraction of sp³-hybridized carbons (Fsp3) is 0.286. The molecule has 0 spiro atoms. The van der Waals surface area contributed by atoms with Gasteiger partial charge in [0.25, 0.3) is 0 Å². The van der Waals surface area contributed by atoms with Crippen LogP contribution in [0.25, 0.3) is 11.3 Å². The van der Waals surface area contributed by atoms with E-state index in [0.717, 1.165) is 24.2 Å². The van der Waals surface area contributed by atoms with Crippen LogP contribution in [0, 0.1) is 0 Å². The number of carbonyl (C=O) groups is 1. The molecule has 0 bridgehead atoms. The Morgan fingerprint density at radius 1 is 1.37 bits per heavy atom. The number of carboxylic acids is 1. The van der Waals surface area contributed by atoms with Gasteiger partial charge in [0.05, 0.1) is 5.38 Å². The summed E-state index contributed by atoms with van der Waals surface area (Å²) in [4.78, 5) is 16.0. The quantitative estimate of drug-likeness (QED) is 0.858. The average molecular weight is 277 g/mol. The number of fused-ring (bicyclic) bond motifs is 1. The molecule has 0 saturated heterocycles. The Morgan fingerprint density at radius 3 is 2.79 bits per heavy atom. The second-order valence-corrected chi connectivity index (χ2v) is 5.26. The standard InChI is InChI=1S/C14H13ClN2O2/c15-10-6-7-11-16-12(9-4-2-1-3-5-9)13(14(18)19)17(11)8-10/h1-5,10H,6-8H2,(H,18,19). The minimum atomic E-state index is -0.955. The molecule has 1 atom stereocenters. The molecule has 1 N–H and O–H groups in total. The van der Waals surface area contributed by atoms with Gasteiger partial charge < -0.3 is 9.67 Å². The summed E-state index contributed by atoms with van der Waals surface area (Å²) in [7, 11) is 0. The van der Waals surface area contributed by atoms with Gasteiger partial charge >= 0.3 is 5.97 Å². The second-order valence-electron chi connectivity index (χ2n) is 4.64. The molecular weight excluding hydrogens is 264 g/mol. The number of aromatic carboxylic acids is 1. The van der Waals surface area contributed by atoms with Crippen LogP contribution in [0.3, 0.4) is 0 Å². The van der Waals surface area contributed by atoms with Crippen molar-refractivity contribution < 1.29 is 9.90 Å². The molecule has 1 aliphatic heterocycles. The molecule has 1 aromatic carbocycles. The number of hydrogen-bond acceptors (Lipinski definition) is 2. The second kappa shape index (κ2) is 4.70. The summed E-state index contributed by atoms with van der Waals surface area (Å²) < 4.78 is 1.74. The maximum Gasteiger partial charge on any atom is 0.354 e. The molecule has 0 saturated carbocycles. The zero-order valence-electron chi connectivity index (χ0n) is 10.2. The van der Waals surface area contributed by atoms with Gasteiger partial charge in [-0.05, 0) is 6.42 Å². The minimum absolute atomic E-state index is 0.0246. The van der Waals surface area contributed by atoms with E-state index >= 15 is 0 Å². The lowest BCUT2D eigenvalue weighted by atomic mass is 10.1. The van der Waals surface area contributed by atoms with E-state index in [4.69, 9.17) is 11.6 Å². The van der Waals surface area contributed by atoms with Gasteiger partial charge in [0.1, 0.15) is 11.5 Å². The van der Waals surface area contributed by atoms with Gasteiger partial charge in [-0.3, -0.25) is 0 Å². The predicted molar refractivity (Wildman–Crippen MR) is 72.6 cm³/mol. The van der Waals surface area contributed by atoms with Gasteiger partial charge in [-0.1, -0.05) is 30.3 Å². The Kier molecular flexibility index (Phi) is 3.03. The SMILES string of the molecule is O=C(O)c1c(-c2ccccc2)nc2n1CC(Cl)CC2. The van der Waals surface area contributed by atoms with Crippen LogP contribution in [0.2, 0.25) is 0 Å². The lowest BCUT2D eigenvalue weighted by Gasteiger charge is -2.19. The van der Waals surface area contributed by atoms with E-state index < -0.39 is 5.97 Å². The fourth-order valence-corrected chi connectivity index (χ4v) is 2.72. The van der Waals surface area contributed by atoms with Crippen molar-refractivity contribution in [1.82, 2.24) is 9.55 Å². The van der Waals surface area contributed by atoms with Crippen molar-refractivity contribution in [3.8, 4) is 11.3 Å². The zero-order chi connectivity index (χ0) is 13.4. The number of alkyl halides is 1. The molecule has 4 nitrogen and oxygen atoms in total. The highest BCUT2D eigenvalue weighted by molar-refractivity contribution is 6.20. The Morgan fingerprint density at radius 2 is 2.11 bits per heavy atom. The van der Waals surface area contributed by atoms with E-state index in [1.165, 1.54) is 0 Å². The summed E-state index contributed by atoms with van der Waals surface area (Å²) in [5.74, 6) is -0.142. The summed E-state index contributed by atoms with van der Waals surface area (Å²) in [6, 6.07) is 9.40. The van der Waals surface area contributed by atoms with Gasteiger partial charge in [0.15, 0.2) is 5.69 Å². The first-order valence-corrected chi connectivity index (χ1v) is 6.62. The van der Waals surface area contributed by atoms with Crippen molar-refractivity contribution in [3.63, 3.8) is 0 Å². The Bertz CT molecular complexity index is 622. The molecule has 98 valence electrons. The minimum Gasteiger partial charge on any atom is -0.477 e. The topological polar surface area (TPSA) is 55.1 Å². The number of halogens is 1. The summed E-state index contributed by atoms with van der Waals surface area (Å²) in [5, 5.41) is 9.43. The monoisotopic (exact) mass is 276 g/mol. The number of benzene rings is 1. The smallest absolute Gasteiger partial charge is 0.354 e. The van der Waals surface area contributed by atoms with Gasteiger partial charge in [0, 0.05) is 18.5 Å². The number of rotatable bonds is 2. The largest absolute Gasteiger partial charge is 0.477 e. The lowest BCUT2D eigenvalue weighted by molar-refractivity contribution is 0.0685. The van der Waals surface area contributed by atoms with Crippen molar-refractivity contribution in [3.05, 3.63) is 41.9 Å². The van der Waals surface area contributed by atoms with Crippen molar-refractivity contribution in [2.75, 3.05) is 0 Å². The molecule has 0 amide bonds. The third-order valence-electron chi connectivity index (χ3n) is 3.36. The number of hydrogen-bond donors (Lipinski definition) is 1. The van der Waals surface area contributed by atoms with Crippen molar-refractivity contribution in [2.24, 2.45) is 0 Å². The first kappa shape index (κ1) is 12.2. The number of nitrogens with zero attached hydrogens (tertiary/aromatic N) is 2. The molecule has 2 heterocycles. The van der Waals surface area contributed by atoms with Crippen molar-refractivity contribution >= 4 is 17.6 Å². The molecule has 3 rings (SSSR count).